The largest absolute Gasteiger partial charge is 0.457 e. The molecule has 0 radical (unpaired) electrons. The van der Waals surface area contributed by atoms with Crippen LogP contribution in [0.3, 0.4) is 0 Å². The molecule has 0 spiro atoms. The smallest absolute Gasteiger partial charge is 0.130 e. The van der Waals surface area contributed by atoms with Crippen LogP contribution in [-0.4, -0.2) is 0 Å². The average molecular weight is 403 g/mol. The first-order valence-corrected chi connectivity index (χ1v) is 10.7. The Bertz CT molecular complexity index is 1050. The molecule has 1 nitrogen and oxygen atoms in total. The lowest BCUT2D eigenvalue weighted by atomic mass is 10.1. The van der Waals surface area contributed by atoms with Crippen molar-refractivity contribution in [1.29, 1.82) is 0 Å². The molecule has 152 valence electrons. The summed E-state index contributed by atoms with van der Waals surface area (Å²) >= 11 is 0. The topological polar surface area (TPSA) is 9.23 Å². The van der Waals surface area contributed by atoms with Crippen LogP contribution in [0.15, 0.2) is 121 Å². The van der Waals surface area contributed by atoms with E-state index in [0.717, 1.165) is 24.3 Å². The van der Waals surface area contributed by atoms with Crippen molar-refractivity contribution < 1.29 is 4.74 Å². The molecule has 4 aromatic rings. The van der Waals surface area contributed by atoms with Crippen LogP contribution in [-0.2, 0) is 12.8 Å². The molecule has 0 N–H and O–H groups in total. The van der Waals surface area contributed by atoms with Gasteiger partial charge in [-0.05, 0) is 47.2 Å². The van der Waals surface area contributed by atoms with E-state index in [1.165, 1.54) is 22.3 Å². The number of rotatable bonds is 8. The third-order valence-electron chi connectivity index (χ3n) is 5.06. The van der Waals surface area contributed by atoms with Gasteiger partial charge in [-0.2, -0.15) is 0 Å². The van der Waals surface area contributed by atoms with Gasteiger partial charge >= 0.3 is 0 Å². The van der Waals surface area contributed by atoms with Gasteiger partial charge in [-0.3, -0.25) is 0 Å². The molecule has 0 bridgehead atoms. The zero-order valence-corrected chi connectivity index (χ0v) is 17.5. The summed E-state index contributed by atoms with van der Waals surface area (Å²) in [5.74, 6) is 1.81. The van der Waals surface area contributed by atoms with Gasteiger partial charge in [0.1, 0.15) is 11.5 Å². The van der Waals surface area contributed by atoms with E-state index < -0.39 is 0 Å². The predicted molar refractivity (Wildman–Crippen MR) is 131 cm³/mol. The van der Waals surface area contributed by atoms with Crippen molar-refractivity contribution in [2.45, 2.75) is 12.8 Å². The Kier molecular flexibility index (Phi) is 7.12. The van der Waals surface area contributed by atoms with Gasteiger partial charge in [0.15, 0.2) is 0 Å². The van der Waals surface area contributed by atoms with Crippen LogP contribution >= 0.6 is 0 Å². The molecule has 0 aliphatic rings. The van der Waals surface area contributed by atoms with E-state index in [2.05, 4.69) is 97.1 Å². The van der Waals surface area contributed by atoms with Crippen LogP contribution in [0.25, 0.3) is 12.2 Å². The maximum Gasteiger partial charge on any atom is 0.130 e. The third kappa shape index (κ3) is 6.07. The number of allylic oxidation sites excluding steroid dienone is 2. The number of para-hydroxylation sites is 2. The molecular formula is C30H26O. The summed E-state index contributed by atoms with van der Waals surface area (Å²) < 4.78 is 6.38. The first kappa shape index (κ1) is 20.4. The molecule has 31 heavy (non-hydrogen) atoms. The van der Waals surface area contributed by atoms with E-state index in [1.54, 1.807) is 0 Å². The molecule has 0 saturated carbocycles. The monoisotopic (exact) mass is 402 g/mol. The Morgan fingerprint density at radius 1 is 0.452 bits per heavy atom. The molecule has 0 fully saturated rings. The van der Waals surface area contributed by atoms with Crippen LogP contribution in [0.1, 0.15) is 22.3 Å². The van der Waals surface area contributed by atoms with Crippen LogP contribution in [0.4, 0.5) is 0 Å². The second-order valence-electron chi connectivity index (χ2n) is 7.35. The summed E-state index contributed by atoms with van der Waals surface area (Å²) in [4.78, 5) is 0. The third-order valence-corrected chi connectivity index (χ3v) is 5.06. The number of hydrogen-bond donors (Lipinski definition) is 0. The summed E-state index contributed by atoms with van der Waals surface area (Å²) in [5, 5.41) is 0. The summed E-state index contributed by atoms with van der Waals surface area (Å²) in [6, 6.07) is 37.2. The molecule has 0 atom stereocenters. The molecule has 0 unspecified atom stereocenters. The van der Waals surface area contributed by atoms with Gasteiger partial charge in [-0.15, -0.1) is 0 Å². The maximum atomic E-state index is 6.38. The first-order valence-electron chi connectivity index (χ1n) is 10.7. The Morgan fingerprint density at radius 2 is 0.839 bits per heavy atom. The summed E-state index contributed by atoms with van der Waals surface area (Å²) in [6.07, 6.45) is 10.3. The Hall–Kier alpha value is -3.84. The molecule has 0 aromatic heterocycles. The zero-order valence-electron chi connectivity index (χ0n) is 17.5. The molecular weight excluding hydrogens is 376 g/mol. The highest BCUT2D eigenvalue weighted by atomic mass is 16.5. The molecule has 0 amide bonds. The van der Waals surface area contributed by atoms with E-state index in [-0.39, 0.29) is 0 Å². The van der Waals surface area contributed by atoms with Gasteiger partial charge < -0.3 is 4.74 Å². The Morgan fingerprint density at radius 3 is 1.29 bits per heavy atom. The second-order valence-corrected chi connectivity index (χ2v) is 7.35. The van der Waals surface area contributed by atoms with E-state index in [4.69, 9.17) is 4.74 Å². The summed E-state index contributed by atoms with van der Waals surface area (Å²) in [7, 11) is 0. The van der Waals surface area contributed by atoms with Crippen molar-refractivity contribution in [3.8, 4) is 11.5 Å². The maximum absolute atomic E-state index is 6.38. The second kappa shape index (κ2) is 10.8. The van der Waals surface area contributed by atoms with Gasteiger partial charge in [-0.25, -0.2) is 0 Å². The highest BCUT2D eigenvalue weighted by Crippen LogP contribution is 2.29. The minimum absolute atomic E-state index is 0.821. The van der Waals surface area contributed by atoms with Gasteiger partial charge in [0.2, 0.25) is 0 Å². The summed E-state index contributed by atoms with van der Waals surface area (Å²) in [6.45, 7) is 0. The van der Waals surface area contributed by atoms with Crippen LogP contribution in [0, 0.1) is 0 Å². The minimum Gasteiger partial charge on any atom is -0.457 e. The van der Waals surface area contributed by atoms with E-state index >= 15 is 0 Å². The van der Waals surface area contributed by atoms with Crippen molar-refractivity contribution >= 4 is 12.2 Å². The molecule has 4 rings (SSSR count). The number of ether oxygens (including phenoxy) is 1. The fourth-order valence-electron chi connectivity index (χ4n) is 3.43. The van der Waals surface area contributed by atoms with Gasteiger partial charge in [-0.1, -0.05) is 121 Å². The summed E-state index contributed by atoms with van der Waals surface area (Å²) in [5.41, 5.74) is 4.75. The average Bonchev–Trinajstić information content (AvgIpc) is 2.83. The van der Waals surface area contributed by atoms with Crippen molar-refractivity contribution in [1.82, 2.24) is 0 Å². The van der Waals surface area contributed by atoms with E-state index in [1.807, 2.05) is 36.4 Å². The molecule has 1 heteroatoms. The van der Waals surface area contributed by atoms with Gasteiger partial charge in [0.05, 0.1) is 0 Å². The molecule has 0 aliphatic carbocycles. The van der Waals surface area contributed by atoms with E-state index in [9.17, 15) is 0 Å². The number of benzene rings is 4. The van der Waals surface area contributed by atoms with Crippen LogP contribution < -0.4 is 4.74 Å². The minimum atomic E-state index is 0.821. The van der Waals surface area contributed by atoms with Gasteiger partial charge in [0.25, 0.3) is 0 Å². The van der Waals surface area contributed by atoms with Crippen molar-refractivity contribution in [3.63, 3.8) is 0 Å². The number of hydrogen-bond acceptors (Lipinski definition) is 1. The molecule has 4 aromatic carbocycles. The van der Waals surface area contributed by atoms with Crippen molar-refractivity contribution in [3.05, 3.63) is 144 Å². The highest BCUT2D eigenvalue weighted by molar-refractivity contribution is 5.52. The highest BCUT2D eigenvalue weighted by Gasteiger charge is 2.07. The molecule has 0 aliphatic heterocycles. The van der Waals surface area contributed by atoms with Crippen LogP contribution in [0.2, 0.25) is 0 Å². The lowest BCUT2D eigenvalue weighted by Gasteiger charge is -2.13. The Labute approximate surface area is 185 Å². The molecule has 0 saturated heterocycles. The predicted octanol–water partition coefficient (Wildman–Crippen LogP) is 7.99. The van der Waals surface area contributed by atoms with Crippen LogP contribution in [0.5, 0.6) is 11.5 Å². The standard InChI is InChI=1S/C30H26O/c1-3-13-25(14-4-1)17-11-21-27-19-7-9-23-29(27)31-30-24-10-8-20-28(30)22-12-18-26-15-5-2-6-16-26/h1-20,23-24H,21-22H2. The van der Waals surface area contributed by atoms with Crippen molar-refractivity contribution in [2.75, 3.05) is 0 Å². The Balaban J connectivity index is 1.47. The normalized spacial score (nSPS) is 11.2. The lowest BCUT2D eigenvalue weighted by molar-refractivity contribution is 0.473. The van der Waals surface area contributed by atoms with E-state index in [0.29, 0.717) is 0 Å². The SMILES string of the molecule is C(=Cc1ccccc1)Cc1ccccc1Oc1ccccc1CC=Cc1ccccc1. The fourth-order valence-corrected chi connectivity index (χ4v) is 3.43. The molecule has 0 heterocycles. The zero-order chi connectivity index (χ0) is 21.1. The quantitative estimate of drug-likeness (QED) is 0.290. The first-order chi connectivity index (χ1) is 15.4. The van der Waals surface area contributed by atoms with Crippen molar-refractivity contribution in [2.24, 2.45) is 0 Å². The lowest BCUT2D eigenvalue weighted by Crippen LogP contribution is -1.94. The van der Waals surface area contributed by atoms with Gasteiger partial charge in [0, 0.05) is 0 Å². The fraction of sp³-hybridized carbons (Fsp3) is 0.0667.